The Morgan fingerprint density at radius 3 is 2.35 bits per heavy atom. The van der Waals surface area contributed by atoms with E-state index in [1.165, 1.54) is 0 Å². The third kappa shape index (κ3) is 5.71. The molecule has 9 heteroatoms. The normalized spacial score (nSPS) is 28.3. The fourth-order valence-electron chi connectivity index (χ4n) is 4.50. The monoisotopic (exact) mass is 550 g/mol. The minimum absolute atomic E-state index is 0.0209. The summed E-state index contributed by atoms with van der Waals surface area (Å²) in [4.78, 5) is 0. The molecule has 2 heterocycles. The summed E-state index contributed by atoms with van der Waals surface area (Å²) in [6, 6.07) is 11.2. The molecule has 0 spiro atoms. The van der Waals surface area contributed by atoms with Gasteiger partial charge in [-0.15, -0.1) is 0 Å². The van der Waals surface area contributed by atoms with Crippen LogP contribution in [-0.2, 0) is 21.2 Å². The van der Waals surface area contributed by atoms with Gasteiger partial charge in [-0.25, -0.2) is 0 Å². The van der Waals surface area contributed by atoms with Crippen molar-refractivity contribution in [2.24, 2.45) is 0 Å². The Bertz CT molecular complexity index is 1120. The maximum absolute atomic E-state index is 11.0. The molecule has 0 bridgehead atoms. The highest BCUT2D eigenvalue weighted by atomic mass is 35.5. The maximum Gasteiger partial charge on any atom is 0.192 e. The van der Waals surface area contributed by atoms with Crippen LogP contribution in [-0.4, -0.2) is 67.9 Å². The summed E-state index contributed by atoms with van der Waals surface area (Å²) in [6.07, 6.45) is -4.32. The number of hydrogen-bond donors (Lipinski definition) is 3. The molecular formula is C28H39ClO7Si. The van der Waals surface area contributed by atoms with Gasteiger partial charge in [0.25, 0.3) is 0 Å². The highest BCUT2D eigenvalue weighted by Gasteiger charge is 2.52. The van der Waals surface area contributed by atoms with Gasteiger partial charge in [0, 0.05) is 5.02 Å². The molecule has 7 nitrogen and oxygen atoms in total. The van der Waals surface area contributed by atoms with Gasteiger partial charge < -0.3 is 34.0 Å². The van der Waals surface area contributed by atoms with E-state index in [1.807, 2.05) is 24.3 Å². The van der Waals surface area contributed by atoms with Gasteiger partial charge in [0.1, 0.15) is 43.2 Å². The molecule has 3 N–H and O–H groups in total. The van der Waals surface area contributed by atoms with E-state index in [0.29, 0.717) is 36.0 Å². The SMILES string of the molecule is CC1(c2ccc(Cl)c(Cc3ccc4c(c3)OCCO4)c2)O[C@H](CO[Si](C)(C)C(C)(C)C)[C@@H](O)[C@H](O)[C@H]1O. The number of hydrogen-bond acceptors (Lipinski definition) is 7. The zero-order chi connectivity index (χ0) is 27.2. The fraction of sp³-hybridized carbons (Fsp3) is 0.571. The summed E-state index contributed by atoms with van der Waals surface area (Å²) in [6.45, 7) is 13.5. The topological polar surface area (TPSA) is 97.6 Å². The largest absolute Gasteiger partial charge is 0.486 e. The predicted octanol–water partition coefficient (Wildman–Crippen LogP) is 4.42. The number of benzene rings is 2. The van der Waals surface area contributed by atoms with Gasteiger partial charge in [-0.2, -0.15) is 0 Å². The highest BCUT2D eigenvalue weighted by molar-refractivity contribution is 6.74. The first-order valence-electron chi connectivity index (χ1n) is 12.8. The van der Waals surface area contributed by atoms with Crippen LogP contribution >= 0.6 is 11.6 Å². The molecule has 2 aromatic carbocycles. The molecule has 1 fully saturated rings. The molecule has 0 aromatic heterocycles. The van der Waals surface area contributed by atoms with Crippen molar-refractivity contribution in [2.75, 3.05) is 19.8 Å². The fourth-order valence-corrected chi connectivity index (χ4v) is 5.70. The molecule has 0 saturated carbocycles. The average molecular weight is 551 g/mol. The minimum Gasteiger partial charge on any atom is -0.486 e. The highest BCUT2D eigenvalue weighted by Crippen LogP contribution is 2.42. The molecule has 5 atom stereocenters. The number of aliphatic hydroxyl groups excluding tert-OH is 3. The predicted molar refractivity (Wildman–Crippen MR) is 145 cm³/mol. The van der Waals surface area contributed by atoms with Crippen molar-refractivity contribution in [3.05, 3.63) is 58.1 Å². The molecule has 0 amide bonds. The Hall–Kier alpha value is -1.65. The first kappa shape index (κ1) is 28.4. The molecule has 2 aliphatic heterocycles. The molecule has 1 unspecified atom stereocenters. The Morgan fingerprint density at radius 2 is 1.68 bits per heavy atom. The third-order valence-corrected chi connectivity index (χ3v) is 12.9. The van der Waals surface area contributed by atoms with Crippen LogP contribution in [0.5, 0.6) is 11.5 Å². The number of fused-ring (bicyclic) bond motifs is 1. The van der Waals surface area contributed by atoms with Crippen molar-refractivity contribution in [2.45, 2.75) is 82.3 Å². The van der Waals surface area contributed by atoms with Gasteiger partial charge in [-0.05, 0) is 66.4 Å². The first-order chi connectivity index (χ1) is 17.2. The molecule has 204 valence electrons. The van der Waals surface area contributed by atoms with Crippen molar-refractivity contribution < 1.29 is 34.0 Å². The zero-order valence-corrected chi connectivity index (χ0v) is 24.2. The van der Waals surface area contributed by atoms with E-state index in [0.717, 1.165) is 16.9 Å². The lowest BCUT2D eigenvalue weighted by Crippen LogP contribution is -2.63. The van der Waals surface area contributed by atoms with Crippen molar-refractivity contribution in [1.82, 2.24) is 0 Å². The Kier molecular flexibility index (Phi) is 8.04. The van der Waals surface area contributed by atoms with E-state index in [1.54, 1.807) is 19.1 Å². The van der Waals surface area contributed by atoms with E-state index in [9.17, 15) is 15.3 Å². The van der Waals surface area contributed by atoms with Crippen LogP contribution < -0.4 is 9.47 Å². The molecule has 0 radical (unpaired) electrons. The lowest BCUT2D eigenvalue weighted by Gasteiger charge is -2.48. The van der Waals surface area contributed by atoms with E-state index in [-0.39, 0.29) is 11.6 Å². The quantitative estimate of drug-likeness (QED) is 0.458. The second-order valence-electron chi connectivity index (χ2n) is 11.7. The Balaban J connectivity index is 1.59. The van der Waals surface area contributed by atoms with Crippen molar-refractivity contribution in [3.63, 3.8) is 0 Å². The van der Waals surface area contributed by atoms with Crippen molar-refractivity contribution >= 4 is 19.9 Å². The Labute approximate surface area is 225 Å². The summed E-state index contributed by atoms with van der Waals surface area (Å²) in [5.41, 5.74) is 1.20. The van der Waals surface area contributed by atoms with Gasteiger partial charge in [0.05, 0.1) is 6.61 Å². The molecule has 0 aliphatic carbocycles. The van der Waals surface area contributed by atoms with E-state index >= 15 is 0 Å². The Morgan fingerprint density at radius 1 is 1.00 bits per heavy atom. The lowest BCUT2D eigenvalue weighted by molar-refractivity contribution is -0.272. The molecule has 1 saturated heterocycles. The van der Waals surface area contributed by atoms with E-state index in [2.05, 4.69) is 33.9 Å². The summed E-state index contributed by atoms with van der Waals surface area (Å²) >= 11 is 6.57. The van der Waals surface area contributed by atoms with E-state index < -0.39 is 38.3 Å². The van der Waals surface area contributed by atoms with Crippen molar-refractivity contribution in [3.8, 4) is 11.5 Å². The van der Waals surface area contributed by atoms with E-state index in [4.69, 9.17) is 30.2 Å². The first-order valence-corrected chi connectivity index (χ1v) is 16.0. The molecule has 37 heavy (non-hydrogen) atoms. The van der Waals surface area contributed by atoms with Crippen LogP contribution in [0.4, 0.5) is 0 Å². The van der Waals surface area contributed by atoms with Crippen LogP contribution in [0.2, 0.25) is 23.2 Å². The molecular weight excluding hydrogens is 512 g/mol. The molecule has 2 aromatic rings. The summed E-state index contributed by atoms with van der Waals surface area (Å²) in [7, 11) is -2.13. The van der Waals surface area contributed by atoms with Crippen LogP contribution in [0, 0.1) is 0 Å². The minimum atomic E-state index is -2.13. The summed E-state index contributed by atoms with van der Waals surface area (Å²) < 4.78 is 24.0. The van der Waals surface area contributed by atoms with Gasteiger partial charge in [-0.3, -0.25) is 0 Å². The smallest absolute Gasteiger partial charge is 0.192 e. The van der Waals surface area contributed by atoms with Crippen LogP contribution in [0.25, 0.3) is 0 Å². The van der Waals surface area contributed by atoms with Gasteiger partial charge in [0.15, 0.2) is 19.8 Å². The van der Waals surface area contributed by atoms with Crippen LogP contribution in [0.1, 0.15) is 44.4 Å². The average Bonchev–Trinajstić information content (AvgIpc) is 2.84. The number of aliphatic hydroxyl groups is 3. The second-order valence-corrected chi connectivity index (χ2v) is 16.9. The summed E-state index contributed by atoms with van der Waals surface area (Å²) in [5.74, 6) is 1.43. The number of ether oxygens (including phenoxy) is 3. The molecule has 2 aliphatic rings. The molecule has 4 rings (SSSR count). The summed E-state index contributed by atoms with van der Waals surface area (Å²) in [5, 5.41) is 33.1. The number of rotatable bonds is 6. The van der Waals surface area contributed by atoms with Gasteiger partial charge >= 0.3 is 0 Å². The van der Waals surface area contributed by atoms with Gasteiger partial charge in [0.2, 0.25) is 0 Å². The third-order valence-electron chi connectivity index (χ3n) is 8.05. The van der Waals surface area contributed by atoms with Crippen molar-refractivity contribution in [1.29, 1.82) is 0 Å². The second kappa shape index (κ2) is 10.5. The lowest BCUT2D eigenvalue weighted by atomic mass is 9.80. The zero-order valence-electron chi connectivity index (χ0n) is 22.5. The van der Waals surface area contributed by atoms with Crippen LogP contribution in [0.15, 0.2) is 36.4 Å². The van der Waals surface area contributed by atoms with Crippen LogP contribution in [0.3, 0.4) is 0 Å². The van der Waals surface area contributed by atoms with Gasteiger partial charge in [-0.1, -0.05) is 50.6 Å². The standard InChI is InChI=1S/C28H39ClO7Si/c1-27(2,3)37(5,6)35-16-23-24(30)25(31)26(32)28(4,36-23)19-8-9-20(29)18(15-19)13-17-7-10-21-22(14-17)34-12-11-33-21/h7-10,14-15,23-26,30-32H,11-13,16H2,1-6H3/t23-,24-,25+,26-,28?/m1/s1. The maximum atomic E-state index is 11.0. The number of halogens is 1.